The largest absolute Gasteiger partial charge is 0.357 e. The first kappa shape index (κ1) is 16.6. The maximum atomic E-state index is 12.4. The van der Waals surface area contributed by atoms with Gasteiger partial charge in [-0.3, -0.25) is 9.48 Å². The molecule has 1 unspecified atom stereocenters. The van der Waals surface area contributed by atoms with Crippen molar-refractivity contribution >= 4 is 17.4 Å². The first-order chi connectivity index (χ1) is 11.3. The monoisotopic (exact) mass is 326 g/mol. The van der Waals surface area contributed by atoms with Crippen LogP contribution < -0.4 is 10.6 Å². The molecule has 0 aliphatic carbocycles. The number of hydrogen-bond acceptors (Lipinski definition) is 3. The lowest BCUT2D eigenvalue weighted by Crippen LogP contribution is -2.32. The van der Waals surface area contributed by atoms with Gasteiger partial charge in [0, 0.05) is 24.0 Å². The number of aryl methyl sites for hydroxylation is 2. The number of carbonyl (C=O) groups is 1. The number of fused-ring (bicyclic) bond motifs is 1. The molecule has 0 spiro atoms. The number of anilines is 2. The lowest BCUT2D eigenvalue weighted by Gasteiger charge is -2.19. The van der Waals surface area contributed by atoms with Crippen molar-refractivity contribution < 1.29 is 4.79 Å². The lowest BCUT2D eigenvalue weighted by atomic mass is 9.87. The molecule has 2 heterocycles. The SMILES string of the molecule is CC(Nc1cc2n(n1)CCC2)C(=O)Nc1ccc(C(C)(C)C)cc1. The van der Waals surface area contributed by atoms with Gasteiger partial charge in [0.05, 0.1) is 0 Å². The predicted octanol–water partition coefficient (Wildman–Crippen LogP) is 3.57. The van der Waals surface area contributed by atoms with Gasteiger partial charge in [0.15, 0.2) is 0 Å². The molecule has 1 aliphatic heterocycles. The van der Waals surface area contributed by atoms with Crippen molar-refractivity contribution in [3.05, 3.63) is 41.6 Å². The van der Waals surface area contributed by atoms with E-state index in [0.29, 0.717) is 0 Å². The summed E-state index contributed by atoms with van der Waals surface area (Å²) >= 11 is 0. The molecule has 1 aromatic heterocycles. The van der Waals surface area contributed by atoms with E-state index in [4.69, 9.17) is 0 Å². The van der Waals surface area contributed by atoms with Crippen LogP contribution in [0.2, 0.25) is 0 Å². The number of amides is 1. The second-order valence-electron chi connectivity index (χ2n) is 7.53. The fraction of sp³-hybridized carbons (Fsp3) is 0.474. The molecule has 2 N–H and O–H groups in total. The molecule has 0 fully saturated rings. The summed E-state index contributed by atoms with van der Waals surface area (Å²) < 4.78 is 2.01. The number of benzene rings is 1. The highest BCUT2D eigenvalue weighted by Gasteiger charge is 2.18. The van der Waals surface area contributed by atoms with Gasteiger partial charge in [0.1, 0.15) is 11.9 Å². The van der Waals surface area contributed by atoms with Crippen molar-refractivity contribution in [3.8, 4) is 0 Å². The summed E-state index contributed by atoms with van der Waals surface area (Å²) in [6.45, 7) is 9.35. The van der Waals surface area contributed by atoms with Crippen molar-refractivity contribution in [2.45, 2.75) is 58.5 Å². The van der Waals surface area contributed by atoms with Gasteiger partial charge in [0.25, 0.3) is 0 Å². The molecule has 24 heavy (non-hydrogen) atoms. The standard InChI is InChI=1S/C19H26N4O/c1-13(20-17-12-16-6-5-11-23(16)22-17)18(24)21-15-9-7-14(8-10-15)19(2,3)4/h7-10,12-13H,5-6,11H2,1-4H3,(H,20,22)(H,21,24). The minimum Gasteiger partial charge on any atom is -0.357 e. The number of aromatic nitrogens is 2. The van der Waals surface area contributed by atoms with Crippen LogP contribution in [-0.4, -0.2) is 21.7 Å². The maximum Gasteiger partial charge on any atom is 0.246 e. The molecule has 1 amide bonds. The Morgan fingerprint density at radius 1 is 1.25 bits per heavy atom. The van der Waals surface area contributed by atoms with Crippen LogP contribution in [0.15, 0.2) is 30.3 Å². The Balaban J connectivity index is 1.59. The molecule has 3 rings (SSSR count). The van der Waals surface area contributed by atoms with Crippen molar-refractivity contribution in [1.29, 1.82) is 0 Å². The van der Waals surface area contributed by atoms with Crippen LogP contribution in [0.1, 0.15) is 45.4 Å². The van der Waals surface area contributed by atoms with Gasteiger partial charge in [0.2, 0.25) is 5.91 Å². The van der Waals surface area contributed by atoms with E-state index in [2.05, 4.69) is 48.6 Å². The average Bonchev–Trinajstić information content (AvgIpc) is 3.08. The Morgan fingerprint density at radius 3 is 2.58 bits per heavy atom. The number of rotatable bonds is 4. The molecule has 1 aromatic carbocycles. The van der Waals surface area contributed by atoms with Crippen LogP contribution in [-0.2, 0) is 23.2 Å². The molecule has 2 aromatic rings. The third-order valence-corrected chi connectivity index (χ3v) is 4.44. The lowest BCUT2D eigenvalue weighted by molar-refractivity contribution is -0.116. The third-order valence-electron chi connectivity index (χ3n) is 4.44. The third kappa shape index (κ3) is 3.61. The topological polar surface area (TPSA) is 59.0 Å². The molecule has 1 atom stereocenters. The summed E-state index contributed by atoms with van der Waals surface area (Å²) in [5.74, 6) is 0.710. The highest BCUT2D eigenvalue weighted by atomic mass is 16.2. The van der Waals surface area contributed by atoms with Gasteiger partial charge in [-0.15, -0.1) is 0 Å². The zero-order valence-corrected chi connectivity index (χ0v) is 14.9. The predicted molar refractivity (Wildman–Crippen MR) is 97.4 cm³/mol. The normalized spacial score (nSPS) is 15.0. The molecular weight excluding hydrogens is 300 g/mol. The summed E-state index contributed by atoms with van der Waals surface area (Å²) in [5, 5.41) is 10.6. The molecule has 5 heteroatoms. The molecule has 1 aliphatic rings. The fourth-order valence-corrected chi connectivity index (χ4v) is 2.92. The van der Waals surface area contributed by atoms with Crippen LogP contribution in [0.4, 0.5) is 11.5 Å². The zero-order chi connectivity index (χ0) is 17.3. The van der Waals surface area contributed by atoms with Crippen LogP contribution in [0.5, 0.6) is 0 Å². The smallest absolute Gasteiger partial charge is 0.246 e. The molecule has 0 radical (unpaired) electrons. The van der Waals surface area contributed by atoms with E-state index in [1.54, 1.807) is 0 Å². The highest BCUT2D eigenvalue weighted by Crippen LogP contribution is 2.23. The molecule has 0 saturated carbocycles. The van der Waals surface area contributed by atoms with Crippen molar-refractivity contribution in [3.63, 3.8) is 0 Å². The van der Waals surface area contributed by atoms with Gasteiger partial charge in [-0.1, -0.05) is 32.9 Å². The maximum absolute atomic E-state index is 12.4. The molecule has 5 nitrogen and oxygen atoms in total. The second kappa shape index (κ2) is 6.30. The van der Waals surface area contributed by atoms with Gasteiger partial charge in [-0.25, -0.2) is 0 Å². The minimum absolute atomic E-state index is 0.0633. The fourth-order valence-electron chi connectivity index (χ4n) is 2.92. The van der Waals surface area contributed by atoms with E-state index in [1.165, 1.54) is 11.3 Å². The van der Waals surface area contributed by atoms with E-state index in [0.717, 1.165) is 30.9 Å². The van der Waals surface area contributed by atoms with Gasteiger partial charge in [-0.2, -0.15) is 5.10 Å². The first-order valence-corrected chi connectivity index (χ1v) is 8.57. The van der Waals surface area contributed by atoms with E-state index in [-0.39, 0.29) is 17.4 Å². The molecule has 0 saturated heterocycles. The number of hydrogen-bond donors (Lipinski definition) is 2. The Labute approximate surface area is 143 Å². The summed E-state index contributed by atoms with van der Waals surface area (Å²) in [4.78, 5) is 12.4. The van der Waals surface area contributed by atoms with Gasteiger partial charge < -0.3 is 10.6 Å². The quantitative estimate of drug-likeness (QED) is 0.903. The van der Waals surface area contributed by atoms with Crippen LogP contribution in [0, 0.1) is 0 Å². The van der Waals surface area contributed by atoms with E-state index < -0.39 is 0 Å². The summed E-state index contributed by atoms with van der Waals surface area (Å²) in [6.07, 6.45) is 2.22. The van der Waals surface area contributed by atoms with Crippen LogP contribution >= 0.6 is 0 Å². The van der Waals surface area contributed by atoms with E-state index in [1.807, 2.05) is 29.8 Å². The van der Waals surface area contributed by atoms with E-state index in [9.17, 15) is 4.79 Å². The summed E-state index contributed by atoms with van der Waals surface area (Å²) in [6, 6.07) is 9.73. The average molecular weight is 326 g/mol. The number of carbonyl (C=O) groups excluding carboxylic acids is 1. The first-order valence-electron chi connectivity index (χ1n) is 8.57. The molecular formula is C19H26N4O. The summed E-state index contributed by atoms with van der Waals surface area (Å²) in [5.41, 5.74) is 3.41. The highest BCUT2D eigenvalue weighted by molar-refractivity contribution is 5.96. The molecule has 128 valence electrons. The minimum atomic E-state index is -0.345. The van der Waals surface area contributed by atoms with Gasteiger partial charge in [-0.05, 0) is 42.9 Å². The van der Waals surface area contributed by atoms with Gasteiger partial charge >= 0.3 is 0 Å². The second-order valence-corrected chi connectivity index (χ2v) is 7.53. The Morgan fingerprint density at radius 2 is 1.96 bits per heavy atom. The van der Waals surface area contributed by atoms with Crippen LogP contribution in [0.3, 0.4) is 0 Å². The van der Waals surface area contributed by atoms with Crippen molar-refractivity contribution in [2.75, 3.05) is 10.6 Å². The Hall–Kier alpha value is -2.30. The number of nitrogens with one attached hydrogen (secondary N) is 2. The van der Waals surface area contributed by atoms with Crippen molar-refractivity contribution in [1.82, 2.24) is 9.78 Å². The summed E-state index contributed by atoms with van der Waals surface area (Å²) in [7, 11) is 0. The van der Waals surface area contributed by atoms with E-state index >= 15 is 0 Å². The molecule has 0 bridgehead atoms. The van der Waals surface area contributed by atoms with Crippen molar-refractivity contribution in [2.24, 2.45) is 0 Å². The van der Waals surface area contributed by atoms with Crippen LogP contribution in [0.25, 0.3) is 0 Å². The Kier molecular flexibility index (Phi) is 4.35. The number of nitrogens with zero attached hydrogens (tertiary/aromatic N) is 2. The zero-order valence-electron chi connectivity index (χ0n) is 14.9. The Bertz CT molecular complexity index is 703.